The Morgan fingerprint density at radius 2 is 1.78 bits per heavy atom. The van der Waals surface area contributed by atoms with Crippen LogP contribution in [0.4, 0.5) is 5.69 Å². The zero-order chi connectivity index (χ0) is 13.0. The normalized spacial score (nSPS) is 12.3. The van der Waals surface area contributed by atoms with Crippen LogP contribution in [0, 0.1) is 0 Å². The zero-order valence-corrected chi connectivity index (χ0v) is 11.1. The van der Waals surface area contributed by atoms with Crippen LogP contribution in [0.25, 0.3) is 0 Å². The summed E-state index contributed by atoms with van der Waals surface area (Å²) in [5, 5.41) is 4.22. The van der Waals surface area contributed by atoms with E-state index in [1.165, 1.54) is 0 Å². The van der Waals surface area contributed by atoms with E-state index in [4.69, 9.17) is 17.3 Å². The van der Waals surface area contributed by atoms with Gasteiger partial charge in [-0.05, 0) is 30.2 Å². The molecule has 0 bridgehead atoms. The molecular formula is C15H17ClN2. The molecule has 0 aliphatic heterocycles. The molecule has 0 heterocycles. The van der Waals surface area contributed by atoms with Crippen molar-refractivity contribution in [3.63, 3.8) is 0 Å². The minimum absolute atomic E-state index is 0.197. The van der Waals surface area contributed by atoms with E-state index in [2.05, 4.69) is 12.2 Å². The Hall–Kier alpha value is -1.51. The molecule has 1 atom stereocenters. The molecule has 0 spiro atoms. The van der Waals surface area contributed by atoms with Gasteiger partial charge in [-0.25, -0.2) is 0 Å². The minimum atomic E-state index is 0.197. The lowest BCUT2D eigenvalue weighted by Gasteiger charge is -2.16. The fourth-order valence-electron chi connectivity index (χ4n) is 1.92. The summed E-state index contributed by atoms with van der Waals surface area (Å²) in [6, 6.07) is 16.0. The molecule has 2 aromatic rings. The van der Waals surface area contributed by atoms with Gasteiger partial charge in [0.05, 0.1) is 0 Å². The number of benzene rings is 2. The van der Waals surface area contributed by atoms with Gasteiger partial charge in [0.2, 0.25) is 0 Å². The predicted molar refractivity (Wildman–Crippen MR) is 77.6 cm³/mol. The Morgan fingerprint density at radius 3 is 2.50 bits per heavy atom. The monoisotopic (exact) mass is 260 g/mol. The third-order valence-corrected chi connectivity index (χ3v) is 3.39. The van der Waals surface area contributed by atoms with E-state index in [0.29, 0.717) is 0 Å². The van der Waals surface area contributed by atoms with Crippen LogP contribution < -0.4 is 11.1 Å². The molecule has 0 amide bonds. The molecule has 0 aliphatic rings. The highest BCUT2D eigenvalue weighted by molar-refractivity contribution is 6.31. The number of nitrogens with one attached hydrogen (secondary N) is 1. The number of halogens is 1. The Morgan fingerprint density at radius 1 is 1.11 bits per heavy atom. The highest BCUT2D eigenvalue weighted by atomic mass is 35.5. The van der Waals surface area contributed by atoms with Crippen molar-refractivity contribution in [2.24, 2.45) is 0 Å². The average molecular weight is 261 g/mol. The van der Waals surface area contributed by atoms with Crippen molar-refractivity contribution in [3.05, 3.63) is 64.7 Å². The Bertz CT molecular complexity index is 525. The van der Waals surface area contributed by atoms with Crippen LogP contribution in [0.15, 0.2) is 48.5 Å². The van der Waals surface area contributed by atoms with Gasteiger partial charge in [-0.1, -0.05) is 48.0 Å². The third kappa shape index (κ3) is 3.03. The second-order valence-corrected chi connectivity index (χ2v) is 4.73. The van der Waals surface area contributed by atoms with Crippen molar-refractivity contribution >= 4 is 17.3 Å². The molecule has 2 rings (SSSR count). The minimum Gasteiger partial charge on any atom is -0.398 e. The fraction of sp³-hybridized carbons (Fsp3) is 0.200. The first-order valence-corrected chi connectivity index (χ1v) is 6.37. The van der Waals surface area contributed by atoms with Gasteiger partial charge in [-0.3, -0.25) is 0 Å². The van der Waals surface area contributed by atoms with E-state index < -0.39 is 0 Å². The van der Waals surface area contributed by atoms with Gasteiger partial charge in [-0.2, -0.15) is 0 Å². The van der Waals surface area contributed by atoms with Crippen LogP contribution in [0.1, 0.15) is 24.1 Å². The smallest absolute Gasteiger partial charge is 0.0450 e. The number of para-hydroxylation sites is 1. The van der Waals surface area contributed by atoms with Gasteiger partial charge >= 0.3 is 0 Å². The van der Waals surface area contributed by atoms with E-state index in [0.717, 1.165) is 28.4 Å². The molecule has 0 saturated carbocycles. The summed E-state index contributed by atoms with van der Waals surface area (Å²) in [5.74, 6) is 0. The summed E-state index contributed by atoms with van der Waals surface area (Å²) in [5.41, 5.74) is 8.98. The lowest BCUT2D eigenvalue weighted by atomic mass is 10.1. The summed E-state index contributed by atoms with van der Waals surface area (Å²) in [7, 11) is 0. The molecule has 0 fully saturated rings. The van der Waals surface area contributed by atoms with Crippen LogP contribution in [0.2, 0.25) is 5.02 Å². The predicted octanol–water partition coefficient (Wildman–Crippen LogP) is 3.77. The number of hydrogen-bond acceptors (Lipinski definition) is 2. The number of nitrogen functional groups attached to an aromatic ring is 1. The summed E-state index contributed by atoms with van der Waals surface area (Å²) >= 11 is 6.12. The lowest BCUT2D eigenvalue weighted by molar-refractivity contribution is 0.576. The molecule has 0 saturated heterocycles. The number of nitrogens with two attached hydrogens (primary N) is 1. The van der Waals surface area contributed by atoms with Crippen LogP contribution in [0.3, 0.4) is 0 Å². The Labute approximate surface area is 113 Å². The highest BCUT2D eigenvalue weighted by Crippen LogP contribution is 2.21. The average Bonchev–Trinajstić information content (AvgIpc) is 2.38. The second kappa shape index (κ2) is 5.89. The van der Waals surface area contributed by atoms with Gasteiger partial charge in [0.25, 0.3) is 0 Å². The van der Waals surface area contributed by atoms with E-state index in [1.807, 2.05) is 48.5 Å². The molecule has 94 valence electrons. The van der Waals surface area contributed by atoms with Crippen LogP contribution in [0.5, 0.6) is 0 Å². The number of rotatable bonds is 4. The van der Waals surface area contributed by atoms with Crippen LogP contribution >= 0.6 is 11.6 Å². The molecule has 18 heavy (non-hydrogen) atoms. The summed E-state index contributed by atoms with van der Waals surface area (Å²) in [6.45, 7) is 2.83. The van der Waals surface area contributed by atoms with E-state index in [9.17, 15) is 0 Å². The Kier molecular flexibility index (Phi) is 4.24. The highest BCUT2D eigenvalue weighted by Gasteiger charge is 2.08. The van der Waals surface area contributed by atoms with Crippen molar-refractivity contribution in [3.8, 4) is 0 Å². The molecule has 3 N–H and O–H groups in total. The maximum absolute atomic E-state index is 6.12. The van der Waals surface area contributed by atoms with Crippen LogP contribution in [-0.2, 0) is 6.54 Å². The maximum Gasteiger partial charge on any atom is 0.0450 e. The van der Waals surface area contributed by atoms with E-state index >= 15 is 0 Å². The first-order valence-electron chi connectivity index (χ1n) is 5.99. The molecule has 1 unspecified atom stereocenters. The van der Waals surface area contributed by atoms with Crippen LogP contribution in [-0.4, -0.2) is 0 Å². The van der Waals surface area contributed by atoms with Gasteiger partial charge in [0.15, 0.2) is 0 Å². The molecular weight excluding hydrogens is 244 g/mol. The maximum atomic E-state index is 6.12. The number of hydrogen-bond donors (Lipinski definition) is 2. The van der Waals surface area contributed by atoms with Crippen molar-refractivity contribution in [1.82, 2.24) is 5.32 Å². The molecule has 3 heteroatoms. The first kappa shape index (κ1) is 12.9. The van der Waals surface area contributed by atoms with E-state index in [1.54, 1.807) is 0 Å². The summed E-state index contributed by atoms with van der Waals surface area (Å²) < 4.78 is 0. The molecule has 2 nitrogen and oxygen atoms in total. The molecule has 2 aromatic carbocycles. The molecule has 0 aromatic heterocycles. The van der Waals surface area contributed by atoms with Gasteiger partial charge in [0, 0.05) is 23.3 Å². The quantitative estimate of drug-likeness (QED) is 0.822. The largest absolute Gasteiger partial charge is 0.398 e. The van der Waals surface area contributed by atoms with E-state index in [-0.39, 0.29) is 6.04 Å². The second-order valence-electron chi connectivity index (χ2n) is 4.32. The topological polar surface area (TPSA) is 38.0 Å². The zero-order valence-electron chi connectivity index (χ0n) is 10.4. The molecule has 0 radical (unpaired) electrons. The first-order chi connectivity index (χ1) is 8.68. The van der Waals surface area contributed by atoms with Crippen molar-refractivity contribution < 1.29 is 0 Å². The van der Waals surface area contributed by atoms with Gasteiger partial charge in [0.1, 0.15) is 0 Å². The fourth-order valence-corrected chi connectivity index (χ4v) is 2.12. The summed E-state index contributed by atoms with van der Waals surface area (Å²) in [6.07, 6.45) is 0. The summed E-state index contributed by atoms with van der Waals surface area (Å²) in [4.78, 5) is 0. The third-order valence-electron chi connectivity index (χ3n) is 3.02. The van der Waals surface area contributed by atoms with Gasteiger partial charge < -0.3 is 11.1 Å². The van der Waals surface area contributed by atoms with Crippen molar-refractivity contribution in [1.29, 1.82) is 0 Å². The molecule has 0 aliphatic carbocycles. The SMILES string of the molecule is CC(NCc1ccccc1Cl)c1ccccc1N. The number of anilines is 1. The van der Waals surface area contributed by atoms with Crippen molar-refractivity contribution in [2.45, 2.75) is 19.5 Å². The van der Waals surface area contributed by atoms with Crippen molar-refractivity contribution in [2.75, 3.05) is 5.73 Å². The lowest BCUT2D eigenvalue weighted by Crippen LogP contribution is -2.19. The Balaban J connectivity index is 2.03. The van der Waals surface area contributed by atoms with Gasteiger partial charge in [-0.15, -0.1) is 0 Å². The standard InChI is InChI=1S/C15H17ClN2/c1-11(13-7-3-5-9-15(13)17)18-10-12-6-2-4-8-14(12)16/h2-9,11,18H,10,17H2,1H3.